The maximum Gasteiger partial charge on any atom is 0.294 e. The molecule has 0 bridgehead atoms. The molecule has 4 aromatic rings. The van der Waals surface area contributed by atoms with E-state index in [2.05, 4.69) is 31.2 Å². The molecule has 2 heterocycles. The van der Waals surface area contributed by atoms with Gasteiger partial charge in [0.15, 0.2) is 5.69 Å². The smallest absolute Gasteiger partial charge is 0.294 e. The highest BCUT2D eigenvalue weighted by atomic mass is 16.6. The Morgan fingerprint density at radius 3 is 2.49 bits per heavy atom. The molecule has 0 saturated carbocycles. The van der Waals surface area contributed by atoms with Crippen LogP contribution in [0.15, 0.2) is 58.3 Å². The van der Waals surface area contributed by atoms with Gasteiger partial charge in [-0.3, -0.25) is 4.79 Å². The predicted molar refractivity (Wildman–Crippen MR) is 130 cm³/mol. The Bertz CT molecular complexity index is 1320. The zero-order chi connectivity index (χ0) is 24.8. The molecule has 2 aromatic carbocycles. The number of hydrazone groups is 1. The summed E-state index contributed by atoms with van der Waals surface area (Å²) < 4.78 is 11.7. The number of aromatic nitrogens is 5. The van der Waals surface area contributed by atoms with Gasteiger partial charge in [0.05, 0.1) is 12.3 Å². The van der Waals surface area contributed by atoms with Gasteiger partial charge in [0.25, 0.3) is 5.91 Å². The fourth-order valence-corrected chi connectivity index (χ4v) is 3.37. The van der Waals surface area contributed by atoms with Gasteiger partial charge >= 0.3 is 0 Å². The SMILES string of the molecule is CCCOc1ccc(-c2c(C(=O)N/N=C(\CC)c3ccc(C)cc3)nnn2-c2nonc2N)cc1. The van der Waals surface area contributed by atoms with E-state index in [1.165, 1.54) is 4.68 Å². The van der Waals surface area contributed by atoms with Gasteiger partial charge in [-0.25, -0.2) is 10.1 Å². The van der Waals surface area contributed by atoms with Crippen LogP contribution in [0.25, 0.3) is 17.1 Å². The van der Waals surface area contributed by atoms with Crippen molar-refractivity contribution in [2.45, 2.75) is 33.6 Å². The highest BCUT2D eigenvalue weighted by Crippen LogP contribution is 2.28. The van der Waals surface area contributed by atoms with Crippen LogP contribution >= 0.6 is 0 Å². The molecule has 0 aliphatic heterocycles. The number of carbonyl (C=O) groups excluding carboxylic acids is 1. The van der Waals surface area contributed by atoms with Gasteiger partial charge in [-0.2, -0.15) is 9.78 Å². The number of nitrogen functional groups attached to an aromatic ring is 1. The minimum Gasteiger partial charge on any atom is -0.494 e. The average Bonchev–Trinajstić information content (AvgIpc) is 3.50. The minimum absolute atomic E-state index is 0.0108. The van der Waals surface area contributed by atoms with Crippen LogP contribution in [0.5, 0.6) is 5.75 Å². The Morgan fingerprint density at radius 1 is 1.11 bits per heavy atom. The third kappa shape index (κ3) is 5.18. The molecule has 0 radical (unpaired) electrons. The van der Waals surface area contributed by atoms with Crippen molar-refractivity contribution in [1.82, 2.24) is 30.7 Å². The topological polar surface area (TPSA) is 146 Å². The summed E-state index contributed by atoms with van der Waals surface area (Å²) in [6, 6.07) is 15.1. The molecule has 0 atom stereocenters. The first-order valence-electron chi connectivity index (χ1n) is 11.2. The number of hydrogen-bond donors (Lipinski definition) is 2. The molecule has 11 nitrogen and oxygen atoms in total. The summed E-state index contributed by atoms with van der Waals surface area (Å²) in [4.78, 5) is 13.2. The summed E-state index contributed by atoms with van der Waals surface area (Å²) in [5, 5.41) is 19.9. The zero-order valence-corrected chi connectivity index (χ0v) is 19.7. The standard InChI is InChI=1S/C24H26N8O3/c1-4-14-34-18-12-10-17(11-13-18)21-20(27-31-32(21)23-22(25)29-35-30-23)24(33)28-26-19(5-2)16-8-6-15(3)7-9-16/h6-13H,4-5,14H2,1-3H3,(H2,25,29)(H,28,33)/b26-19+. The number of nitrogens with zero attached hydrogens (tertiary/aromatic N) is 6. The number of anilines is 1. The van der Waals surface area contributed by atoms with Gasteiger partial charge in [-0.15, -0.1) is 5.10 Å². The molecule has 35 heavy (non-hydrogen) atoms. The van der Waals surface area contributed by atoms with Crippen LogP contribution in [-0.4, -0.2) is 43.5 Å². The summed E-state index contributed by atoms with van der Waals surface area (Å²) in [5.74, 6) is 0.302. The molecule has 1 amide bonds. The summed E-state index contributed by atoms with van der Waals surface area (Å²) >= 11 is 0. The van der Waals surface area contributed by atoms with E-state index in [9.17, 15) is 4.79 Å². The number of nitrogens with two attached hydrogens (primary N) is 1. The number of ether oxygens (including phenoxy) is 1. The molecular formula is C24H26N8O3. The Balaban J connectivity index is 1.69. The first kappa shape index (κ1) is 23.6. The van der Waals surface area contributed by atoms with E-state index in [1.54, 1.807) is 24.3 Å². The van der Waals surface area contributed by atoms with Crippen molar-refractivity contribution in [1.29, 1.82) is 0 Å². The van der Waals surface area contributed by atoms with Crippen molar-refractivity contribution in [3.8, 4) is 22.8 Å². The van der Waals surface area contributed by atoms with E-state index < -0.39 is 5.91 Å². The normalized spacial score (nSPS) is 11.5. The van der Waals surface area contributed by atoms with Crippen LogP contribution in [0.3, 0.4) is 0 Å². The second kappa shape index (κ2) is 10.6. The monoisotopic (exact) mass is 474 g/mol. The lowest BCUT2D eigenvalue weighted by molar-refractivity contribution is 0.0950. The fraction of sp³-hybridized carbons (Fsp3) is 0.250. The molecule has 0 aliphatic rings. The Labute approximate surface area is 201 Å². The number of benzene rings is 2. The molecule has 2 aromatic heterocycles. The van der Waals surface area contributed by atoms with Gasteiger partial charge in [-0.05, 0) is 59.9 Å². The zero-order valence-electron chi connectivity index (χ0n) is 19.7. The van der Waals surface area contributed by atoms with Crippen LogP contribution in [0.2, 0.25) is 0 Å². The molecular weight excluding hydrogens is 448 g/mol. The number of hydrogen-bond acceptors (Lipinski definition) is 9. The number of nitrogens with one attached hydrogen (secondary N) is 1. The minimum atomic E-state index is -0.536. The largest absolute Gasteiger partial charge is 0.494 e. The van der Waals surface area contributed by atoms with Crippen LogP contribution < -0.4 is 15.9 Å². The molecule has 0 spiro atoms. The maximum absolute atomic E-state index is 13.2. The predicted octanol–water partition coefficient (Wildman–Crippen LogP) is 3.54. The van der Waals surface area contributed by atoms with Gasteiger partial charge in [0.2, 0.25) is 11.6 Å². The molecule has 3 N–H and O–H groups in total. The Morgan fingerprint density at radius 2 is 1.86 bits per heavy atom. The first-order chi connectivity index (χ1) is 17.0. The van der Waals surface area contributed by atoms with Crippen molar-refractivity contribution in [3.05, 3.63) is 65.4 Å². The van der Waals surface area contributed by atoms with Crippen LogP contribution in [-0.2, 0) is 0 Å². The molecule has 0 saturated heterocycles. The average molecular weight is 475 g/mol. The third-order valence-electron chi connectivity index (χ3n) is 5.19. The van der Waals surface area contributed by atoms with Crippen molar-refractivity contribution >= 4 is 17.4 Å². The summed E-state index contributed by atoms with van der Waals surface area (Å²) in [6.45, 7) is 6.62. The van der Waals surface area contributed by atoms with Crippen molar-refractivity contribution in [3.63, 3.8) is 0 Å². The summed E-state index contributed by atoms with van der Waals surface area (Å²) in [7, 11) is 0. The summed E-state index contributed by atoms with van der Waals surface area (Å²) in [6.07, 6.45) is 1.52. The van der Waals surface area contributed by atoms with Crippen LogP contribution in [0.4, 0.5) is 5.82 Å². The van der Waals surface area contributed by atoms with Crippen LogP contribution in [0.1, 0.15) is 48.3 Å². The van der Waals surface area contributed by atoms with E-state index in [0.717, 1.165) is 23.3 Å². The molecule has 4 rings (SSSR count). The Hall–Kier alpha value is -4.54. The molecule has 0 aliphatic carbocycles. The van der Waals surface area contributed by atoms with Crippen molar-refractivity contribution in [2.24, 2.45) is 5.10 Å². The van der Waals surface area contributed by atoms with Gasteiger partial charge in [0, 0.05) is 5.56 Å². The molecule has 11 heteroatoms. The number of amides is 1. The lowest BCUT2D eigenvalue weighted by Crippen LogP contribution is -2.21. The van der Waals surface area contributed by atoms with Gasteiger partial charge in [-0.1, -0.05) is 48.9 Å². The van der Waals surface area contributed by atoms with E-state index in [4.69, 9.17) is 15.1 Å². The van der Waals surface area contributed by atoms with Gasteiger partial charge < -0.3 is 10.5 Å². The lowest BCUT2D eigenvalue weighted by Gasteiger charge is -2.09. The molecule has 0 unspecified atom stereocenters. The first-order valence-corrected chi connectivity index (χ1v) is 11.2. The highest BCUT2D eigenvalue weighted by molar-refractivity contribution is 6.03. The highest BCUT2D eigenvalue weighted by Gasteiger charge is 2.25. The second-order valence-corrected chi connectivity index (χ2v) is 7.76. The van der Waals surface area contributed by atoms with E-state index in [-0.39, 0.29) is 17.3 Å². The Kier molecular flexibility index (Phi) is 7.15. The molecule has 180 valence electrons. The lowest BCUT2D eigenvalue weighted by atomic mass is 10.1. The fourth-order valence-electron chi connectivity index (χ4n) is 3.37. The number of rotatable bonds is 9. The van der Waals surface area contributed by atoms with Gasteiger partial charge in [0.1, 0.15) is 11.4 Å². The number of aryl methyl sites for hydroxylation is 1. The van der Waals surface area contributed by atoms with Crippen molar-refractivity contribution in [2.75, 3.05) is 12.3 Å². The number of carbonyl (C=O) groups is 1. The van der Waals surface area contributed by atoms with Crippen molar-refractivity contribution < 1.29 is 14.2 Å². The quantitative estimate of drug-likeness (QED) is 0.277. The van der Waals surface area contributed by atoms with E-state index in [1.807, 2.05) is 45.0 Å². The summed E-state index contributed by atoms with van der Waals surface area (Å²) in [5.41, 5.74) is 12.3. The third-order valence-corrected chi connectivity index (χ3v) is 5.19. The van der Waals surface area contributed by atoms with Crippen LogP contribution in [0, 0.1) is 6.92 Å². The van der Waals surface area contributed by atoms with E-state index in [0.29, 0.717) is 30.0 Å². The van der Waals surface area contributed by atoms with E-state index >= 15 is 0 Å². The maximum atomic E-state index is 13.2. The molecule has 0 fully saturated rings. The second-order valence-electron chi connectivity index (χ2n) is 7.76.